The third-order valence-electron chi connectivity index (χ3n) is 4.12. The SMILES string of the molecule is CCC1CCCN1c1c(CNC(C)C)c(C)nn1C. The van der Waals surface area contributed by atoms with Crippen molar-refractivity contribution in [3.8, 4) is 0 Å². The molecule has 4 heteroatoms. The summed E-state index contributed by atoms with van der Waals surface area (Å²) in [5, 5.41) is 8.17. The Morgan fingerprint density at radius 3 is 2.79 bits per heavy atom. The van der Waals surface area contributed by atoms with Gasteiger partial charge in [-0.2, -0.15) is 5.10 Å². The van der Waals surface area contributed by atoms with Gasteiger partial charge in [0.25, 0.3) is 0 Å². The number of nitrogens with one attached hydrogen (secondary N) is 1. The van der Waals surface area contributed by atoms with Crippen LogP contribution in [-0.4, -0.2) is 28.4 Å². The lowest BCUT2D eigenvalue weighted by Gasteiger charge is -2.27. The summed E-state index contributed by atoms with van der Waals surface area (Å²) in [5.41, 5.74) is 2.53. The van der Waals surface area contributed by atoms with Crippen LogP contribution < -0.4 is 10.2 Å². The van der Waals surface area contributed by atoms with E-state index in [4.69, 9.17) is 0 Å². The molecule has 1 saturated heterocycles. The highest BCUT2D eigenvalue weighted by Crippen LogP contribution is 2.31. The summed E-state index contributed by atoms with van der Waals surface area (Å²) in [4.78, 5) is 2.57. The van der Waals surface area contributed by atoms with Crippen LogP contribution in [-0.2, 0) is 13.6 Å². The maximum Gasteiger partial charge on any atom is 0.131 e. The quantitative estimate of drug-likeness (QED) is 0.887. The molecule has 0 aromatic carbocycles. The molecule has 1 unspecified atom stereocenters. The minimum atomic E-state index is 0.507. The second-order valence-corrected chi connectivity index (χ2v) is 5.94. The van der Waals surface area contributed by atoms with Crippen LogP contribution in [0.25, 0.3) is 0 Å². The van der Waals surface area contributed by atoms with Gasteiger partial charge in [0, 0.05) is 37.8 Å². The fraction of sp³-hybridized carbons (Fsp3) is 0.800. The second kappa shape index (κ2) is 5.95. The van der Waals surface area contributed by atoms with E-state index in [1.165, 1.54) is 37.2 Å². The Morgan fingerprint density at radius 2 is 2.16 bits per heavy atom. The topological polar surface area (TPSA) is 33.1 Å². The molecule has 1 fully saturated rings. The van der Waals surface area contributed by atoms with Gasteiger partial charge in [-0.3, -0.25) is 4.68 Å². The maximum atomic E-state index is 4.64. The van der Waals surface area contributed by atoms with Crippen LogP contribution in [0.1, 0.15) is 51.3 Å². The second-order valence-electron chi connectivity index (χ2n) is 5.94. The predicted octanol–water partition coefficient (Wildman–Crippen LogP) is 2.61. The Labute approximate surface area is 117 Å². The first kappa shape index (κ1) is 14.4. The molecule has 19 heavy (non-hydrogen) atoms. The summed E-state index contributed by atoms with van der Waals surface area (Å²) in [6.07, 6.45) is 3.85. The normalized spacial score (nSPS) is 19.7. The molecule has 0 radical (unpaired) electrons. The van der Waals surface area contributed by atoms with Crippen molar-refractivity contribution in [1.82, 2.24) is 15.1 Å². The highest BCUT2D eigenvalue weighted by atomic mass is 15.4. The van der Waals surface area contributed by atoms with E-state index >= 15 is 0 Å². The smallest absolute Gasteiger partial charge is 0.131 e. The van der Waals surface area contributed by atoms with Gasteiger partial charge in [-0.15, -0.1) is 0 Å². The van der Waals surface area contributed by atoms with Crippen LogP contribution in [0.3, 0.4) is 0 Å². The number of rotatable bonds is 5. The molecule has 0 saturated carbocycles. The number of aryl methyl sites for hydroxylation is 2. The van der Waals surface area contributed by atoms with Crippen molar-refractivity contribution in [3.63, 3.8) is 0 Å². The van der Waals surface area contributed by atoms with Crippen LogP contribution in [0, 0.1) is 6.92 Å². The Hall–Kier alpha value is -1.03. The first-order valence-corrected chi connectivity index (χ1v) is 7.57. The summed E-state index contributed by atoms with van der Waals surface area (Å²) in [7, 11) is 2.08. The molecule has 2 heterocycles. The Balaban J connectivity index is 2.27. The molecule has 1 aromatic heterocycles. The van der Waals surface area contributed by atoms with Gasteiger partial charge in [0.15, 0.2) is 0 Å². The standard InChI is InChI=1S/C15H28N4/c1-6-13-8-7-9-19(13)15-14(10-16-11(2)3)12(4)17-18(15)5/h11,13,16H,6-10H2,1-5H3. The van der Waals surface area contributed by atoms with E-state index in [-0.39, 0.29) is 0 Å². The van der Waals surface area contributed by atoms with Crippen molar-refractivity contribution >= 4 is 5.82 Å². The largest absolute Gasteiger partial charge is 0.354 e. The molecule has 0 bridgehead atoms. The predicted molar refractivity (Wildman–Crippen MR) is 80.6 cm³/mol. The molecule has 1 aliphatic rings. The van der Waals surface area contributed by atoms with Crippen molar-refractivity contribution < 1.29 is 0 Å². The number of hydrogen-bond acceptors (Lipinski definition) is 3. The number of aromatic nitrogens is 2. The highest BCUT2D eigenvalue weighted by Gasteiger charge is 2.28. The first-order chi connectivity index (χ1) is 9.04. The van der Waals surface area contributed by atoms with E-state index in [2.05, 4.69) is 54.7 Å². The lowest BCUT2D eigenvalue weighted by atomic mass is 10.1. The molecule has 4 nitrogen and oxygen atoms in total. The van der Waals surface area contributed by atoms with Crippen molar-refractivity contribution in [2.75, 3.05) is 11.4 Å². The molecule has 1 aliphatic heterocycles. The van der Waals surface area contributed by atoms with Crippen molar-refractivity contribution in [3.05, 3.63) is 11.3 Å². The highest BCUT2D eigenvalue weighted by molar-refractivity contribution is 5.51. The van der Waals surface area contributed by atoms with E-state index < -0.39 is 0 Å². The Bertz CT molecular complexity index is 422. The summed E-state index contributed by atoms with van der Waals surface area (Å²) < 4.78 is 2.07. The lowest BCUT2D eigenvalue weighted by molar-refractivity contribution is 0.581. The molecule has 0 aliphatic carbocycles. The van der Waals surface area contributed by atoms with E-state index in [0.717, 1.165) is 12.2 Å². The third kappa shape index (κ3) is 2.94. The molecule has 1 aromatic rings. The van der Waals surface area contributed by atoms with Crippen LogP contribution in [0.15, 0.2) is 0 Å². The van der Waals surface area contributed by atoms with Crippen molar-refractivity contribution in [1.29, 1.82) is 0 Å². The van der Waals surface area contributed by atoms with Gasteiger partial charge in [-0.05, 0) is 26.2 Å². The van der Waals surface area contributed by atoms with Gasteiger partial charge in [0.05, 0.1) is 5.69 Å². The van der Waals surface area contributed by atoms with Crippen molar-refractivity contribution in [2.45, 2.75) is 65.6 Å². The summed E-state index contributed by atoms with van der Waals surface area (Å²) in [6.45, 7) is 10.9. The monoisotopic (exact) mass is 264 g/mol. The number of hydrogen-bond donors (Lipinski definition) is 1. The third-order valence-corrected chi connectivity index (χ3v) is 4.12. The van der Waals surface area contributed by atoms with E-state index in [1.54, 1.807) is 0 Å². The molecule has 2 rings (SSSR count). The van der Waals surface area contributed by atoms with Gasteiger partial charge in [0.1, 0.15) is 5.82 Å². The van der Waals surface area contributed by atoms with E-state index in [1.807, 2.05) is 0 Å². The zero-order valence-electron chi connectivity index (χ0n) is 13.0. The molecule has 108 valence electrons. The minimum Gasteiger partial charge on any atom is -0.354 e. The minimum absolute atomic E-state index is 0.507. The van der Waals surface area contributed by atoms with E-state index in [9.17, 15) is 0 Å². The van der Waals surface area contributed by atoms with Crippen molar-refractivity contribution in [2.24, 2.45) is 7.05 Å². The fourth-order valence-corrected chi connectivity index (χ4v) is 3.10. The van der Waals surface area contributed by atoms with Crippen LogP contribution in [0.2, 0.25) is 0 Å². The Morgan fingerprint density at radius 1 is 1.42 bits per heavy atom. The van der Waals surface area contributed by atoms with Gasteiger partial charge in [-0.1, -0.05) is 20.8 Å². The van der Waals surface area contributed by atoms with Crippen LogP contribution in [0.4, 0.5) is 5.82 Å². The summed E-state index contributed by atoms with van der Waals surface area (Å²) in [6, 6.07) is 1.20. The molecular formula is C15H28N4. The molecule has 0 spiro atoms. The molecule has 1 N–H and O–H groups in total. The summed E-state index contributed by atoms with van der Waals surface area (Å²) >= 11 is 0. The fourth-order valence-electron chi connectivity index (χ4n) is 3.10. The Kier molecular flexibility index (Phi) is 4.50. The molecular weight excluding hydrogens is 236 g/mol. The van der Waals surface area contributed by atoms with Crippen LogP contribution in [0.5, 0.6) is 0 Å². The molecule has 1 atom stereocenters. The van der Waals surface area contributed by atoms with E-state index in [0.29, 0.717) is 12.1 Å². The van der Waals surface area contributed by atoms with Gasteiger partial charge in [0.2, 0.25) is 0 Å². The average Bonchev–Trinajstić information content (AvgIpc) is 2.90. The average molecular weight is 264 g/mol. The first-order valence-electron chi connectivity index (χ1n) is 7.57. The van der Waals surface area contributed by atoms with Crippen LogP contribution >= 0.6 is 0 Å². The zero-order valence-corrected chi connectivity index (χ0v) is 13.0. The number of nitrogens with zero attached hydrogens (tertiary/aromatic N) is 3. The summed E-state index contributed by atoms with van der Waals surface area (Å²) in [5.74, 6) is 1.33. The maximum absolute atomic E-state index is 4.64. The molecule has 0 amide bonds. The van der Waals surface area contributed by atoms with Gasteiger partial charge in [-0.25, -0.2) is 0 Å². The number of anilines is 1. The van der Waals surface area contributed by atoms with Gasteiger partial charge < -0.3 is 10.2 Å². The van der Waals surface area contributed by atoms with Gasteiger partial charge >= 0.3 is 0 Å². The lowest BCUT2D eigenvalue weighted by Crippen LogP contribution is -2.32. The zero-order chi connectivity index (χ0) is 14.0.